The Morgan fingerprint density at radius 1 is 1.09 bits per heavy atom. The van der Waals surface area contributed by atoms with Crippen LogP contribution in [0.5, 0.6) is 0 Å². The molecule has 3 aromatic rings. The van der Waals surface area contributed by atoms with Gasteiger partial charge in [0.05, 0.1) is 24.3 Å². The minimum absolute atomic E-state index is 0.0804. The van der Waals surface area contributed by atoms with Gasteiger partial charge in [-0.2, -0.15) is 0 Å². The highest BCUT2D eigenvalue weighted by Crippen LogP contribution is 2.31. The number of fused-ring (bicyclic) bond motifs is 1. The predicted molar refractivity (Wildman–Crippen MR) is 124 cm³/mol. The average Bonchev–Trinajstić information content (AvgIpc) is 3.24. The van der Waals surface area contributed by atoms with E-state index in [1.807, 2.05) is 12.1 Å². The van der Waals surface area contributed by atoms with Gasteiger partial charge >= 0.3 is 5.97 Å². The smallest absolute Gasteiger partial charge is 0.306 e. The zero-order valence-corrected chi connectivity index (χ0v) is 19.8. The van der Waals surface area contributed by atoms with E-state index in [1.54, 1.807) is 30.8 Å². The highest BCUT2D eigenvalue weighted by molar-refractivity contribution is 7.99. The number of carbonyl (C=O) groups excluding carboxylic acids is 2. The molecule has 0 aliphatic carbocycles. The van der Waals surface area contributed by atoms with Gasteiger partial charge in [0.15, 0.2) is 11.6 Å². The summed E-state index contributed by atoms with van der Waals surface area (Å²) in [5.41, 5.74) is 0.147. The standard InChI is InChI=1S/C23H23F3N2O3S2/c1-3-11-32-15-7-5-14(6-8-15)28(19(29)9-10-20(30)31-4-2)13-18-27-22-21(26)16(24)12-17(25)23(22)33-18/h5-8,12H,3-4,9-11,13H2,1-2H3. The second kappa shape index (κ2) is 11.5. The van der Waals surface area contributed by atoms with Gasteiger partial charge < -0.3 is 9.64 Å². The van der Waals surface area contributed by atoms with Crippen molar-refractivity contribution in [3.8, 4) is 0 Å². The van der Waals surface area contributed by atoms with Crippen LogP contribution in [-0.2, 0) is 20.9 Å². The van der Waals surface area contributed by atoms with E-state index in [0.717, 1.165) is 28.4 Å². The number of anilines is 1. The van der Waals surface area contributed by atoms with Crippen molar-refractivity contribution in [2.45, 2.75) is 44.6 Å². The van der Waals surface area contributed by atoms with Gasteiger partial charge in [-0.25, -0.2) is 18.2 Å². The van der Waals surface area contributed by atoms with Crippen LogP contribution in [0.3, 0.4) is 0 Å². The first-order valence-electron chi connectivity index (χ1n) is 10.5. The number of thioether (sulfide) groups is 1. The molecule has 10 heteroatoms. The van der Waals surface area contributed by atoms with E-state index in [2.05, 4.69) is 11.9 Å². The normalized spacial score (nSPS) is 11.1. The summed E-state index contributed by atoms with van der Waals surface area (Å²) in [5.74, 6) is -3.36. The third kappa shape index (κ3) is 6.26. The lowest BCUT2D eigenvalue weighted by Gasteiger charge is -2.22. The second-order valence-electron chi connectivity index (χ2n) is 7.07. The van der Waals surface area contributed by atoms with E-state index >= 15 is 0 Å². The number of carbonyl (C=O) groups is 2. The molecule has 0 bridgehead atoms. The minimum atomic E-state index is -1.32. The van der Waals surface area contributed by atoms with E-state index in [0.29, 0.717) is 11.8 Å². The van der Waals surface area contributed by atoms with Crippen molar-refractivity contribution in [3.05, 3.63) is 52.8 Å². The summed E-state index contributed by atoms with van der Waals surface area (Å²) >= 11 is 2.54. The molecule has 0 N–H and O–H groups in total. The summed E-state index contributed by atoms with van der Waals surface area (Å²) in [6.07, 6.45) is 0.825. The zero-order valence-electron chi connectivity index (χ0n) is 18.2. The summed E-state index contributed by atoms with van der Waals surface area (Å²) in [7, 11) is 0. The van der Waals surface area contributed by atoms with E-state index in [1.165, 1.54) is 4.90 Å². The van der Waals surface area contributed by atoms with Crippen molar-refractivity contribution < 1.29 is 27.5 Å². The summed E-state index contributed by atoms with van der Waals surface area (Å²) < 4.78 is 46.6. The molecule has 176 valence electrons. The molecule has 0 unspecified atom stereocenters. The molecular formula is C23H23F3N2O3S2. The van der Waals surface area contributed by atoms with Crippen LogP contribution in [0.2, 0.25) is 0 Å². The van der Waals surface area contributed by atoms with Gasteiger partial charge in [0.2, 0.25) is 5.91 Å². The van der Waals surface area contributed by atoms with Gasteiger partial charge in [-0.05, 0) is 43.4 Å². The average molecular weight is 497 g/mol. The van der Waals surface area contributed by atoms with Crippen LogP contribution >= 0.6 is 23.1 Å². The number of amides is 1. The lowest BCUT2D eigenvalue weighted by Crippen LogP contribution is -2.30. The van der Waals surface area contributed by atoms with Crippen molar-refractivity contribution in [1.82, 2.24) is 4.98 Å². The first kappa shape index (κ1) is 25.0. The van der Waals surface area contributed by atoms with Crippen LogP contribution in [0.4, 0.5) is 18.9 Å². The Morgan fingerprint density at radius 3 is 2.48 bits per heavy atom. The number of ether oxygens (including phenoxy) is 1. The molecule has 33 heavy (non-hydrogen) atoms. The lowest BCUT2D eigenvalue weighted by atomic mass is 10.2. The van der Waals surface area contributed by atoms with Crippen LogP contribution in [0.25, 0.3) is 10.2 Å². The fraction of sp³-hybridized carbons (Fsp3) is 0.348. The Hall–Kier alpha value is -2.59. The number of hydrogen-bond donors (Lipinski definition) is 0. The fourth-order valence-electron chi connectivity index (χ4n) is 3.07. The SMILES string of the molecule is CCCSc1ccc(N(Cc2nc3c(F)c(F)cc(F)c3s2)C(=O)CCC(=O)OCC)cc1. The molecule has 1 heterocycles. The van der Waals surface area contributed by atoms with Gasteiger partial charge in [-0.15, -0.1) is 23.1 Å². The van der Waals surface area contributed by atoms with Crippen molar-refractivity contribution in [2.24, 2.45) is 0 Å². The maximum Gasteiger partial charge on any atom is 0.306 e. The van der Waals surface area contributed by atoms with Crippen LogP contribution < -0.4 is 4.90 Å². The topological polar surface area (TPSA) is 59.5 Å². The summed E-state index contributed by atoms with van der Waals surface area (Å²) in [5, 5.41) is 0.238. The van der Waals surface area contributed by atoms with Gasteiger partial charge in [0.1, 0.15) is 16.3 Å². The predicted octanol–water partition coefficient (Wildman–Crippen LogP) is 6.09. The number of benzene rings is 2. The van der Waals surface area contributed by atoms with Crippen molar-refractivity contribution >= 4 is 50.9 Å². The minimum Gasteiger partial charge on any atom is -0.466 e. The van der Waals surface area contributed by atoms with Crippen molar-refractivity contribution in [1.29, 1.82) is 0 Å². The molecule has 0 atom stereocenters. The van der Waals surface area contributed by atoms with Gasteiger partial charge in [0, 0.05) is 23.1 Å². The van der Waals surface area contributed by atoms with Gasteiger partial charge in [0.25, 0.3) is 0 Å². The first-order chi connectivity index (χ1) is 15.8. The lowest BCUT2D eigenvalue weighted by molar-refractivity contribution is -0.144. The van der Waals surface area contributed by atoms with E-state index in [9.17, 15) is 22.8 Å². The van der Waals surface area contributed by atoms with Gasteiger partial charge in [-0.3, -0.25) is 9.59 Å². The third-order valence-electron chi connectivity index (χ3n) is 4.62. The van der Waals surface area contributed by atoms with E-state index < -0.39 is 28.9 Å². The Bertz CT molecular complexity index is 1140. The zero-order chi connectivity index (χ0) is 24.0. The molecule has 0 fully saturated rings. The number of halogens is 3. The monoisotopic (exact) mass is 496 g/mol. The summed E-state index contributed by atoms with van der Waals surface area (Å²) in [4.78, 5) is 31.2. The number of thiazole rings is 1. The fourth-order valence-corrected chi connectivity index (χ4v) is 4.80. The Morgan fingerprint density at radius 2 is 1.82 bits per heavy atom. The van der Waals surface area contributed by atoms with E-state index in [-0.39, 0.29) is 41.6 Å². The highest BCUT2D eigenvalue weighted by Gasteiger charge is 2.22. The maximum atomic E-state index is 14.1. The Kier molecular flexibility index (Phi) is 8.74. The van der Waals surface area contributed by atoms with Crippen molar-refractivity contribution in [2.75, 3.05) is 17.3 Å². The molecule has 0 radical (unpaired) electrons. The number of aromatic nitrogens is 1. The summed E-state index contributed by atoms with van der Waals surface area (Å²) in [6.45, 7) is 3.90. The number of rotatable bonds is 10. The van der Waals surface area contributed by atoms with E-state index in [4.69, 9.17) is 4.74 Å². The Balaban J connectivity index is 1.89. The highest BCUT2D eigenvalue weighted by atomic mass is 32.2. The summed E-state index contributed by atoms with van der Waals surface area (Å²) in [6, 6.07) is 7.79. The van der Waals surface area contributed by atoms with Gasteiger partial charge in [-0.1, -0.05) is 6.92 Å². The van der Waals surface area contributed by atoms with Crippen molar-refractivity contribution in [3.63, 3.8) is 0 Å². The largest absolute Gasteiger partial charge is 0.466 e. The van der Waals surface area contributed by atoms with Crippen LogP contribution in [0.15, 0.2) is 35.2 Å². The number of esters is 1. The van der Waals surface area contributed by atoms with Crippen LogP contribution in [0, 0.1) is 17.5 Å². The first-order valence-corrected chi connectivity index (χ1v) is 12.3. The Labute approximate surface area is 197 Å². The third-order valence-corrected chi connectivity index (χ3v) is 6.89. The van der Waals surface area contributed by atoms with Crippen LogP contribution in [0.1, 0.15) is 38.1 Å². The molecular weight excluding hydrogens is 473 g/mol. The molecule has 0 saturated carbocycles. The molecule has 0 saturated heterocycles. The second-order valence-corrected chi connectivity index (χ2v) is 9.32. The molecule has 1 aromatic heterocycles. The number of hydrogen-bond acceptors (Lipinski definition) is 6. The molecule has 3 rings (SSSR count). The maximum absolute atomic E-state index is 14.1. The molecule has 1 amide bonds. The van der Waals surface area contributed by atoms with Crippen LogP contribution in [-0.4, -0.2) is 29.2 Å². The molecule has 0 aliphatic rings. The molecule has 0 spiro atoms. The molecule has 5 nitrogen and oxygen atoms in total. The number of nitrogens with zero attached hydrogens (tertiary/aromatic N) is 2. The molecule has 2 aromatic carbocycles. The quantitative estimate of drug-likeness (QED) is 0.193. The molecule has 0 aliphatic heterocycles.